The Morgan fingerprint density at radius 1 is 0.852 bits per heavy atom. The fourth-order valence-electron chi connectivity index (χ4n) is 3.29. The van der Waals surface area contributed by atoms with E-state index in [1.165, 1.54) is 25.1 Å². The second-order valence-electron chi connectivity index (χ2n) is 6.54. The minimum Gasteiger partial charge on any atom is -0.436 e. The maximum Gasteiger partial charge on any atom is 0.230 e. The van der Waals surface area contributed by atoms with E-state index in [1.54, 1.807) is 18.5 Å². The van der Waals surface area contributed by atoms with E-state index < -0.39 is 5.95 Å². The highest BCUT2D eigenvalue weighted by atomic mass is 19.1. The summed E-state index contributed by atoms with van der Waals surface area (Å²) < 4.78 is 18.9. The maximum absolute atomic E-state index is 13.0. The van der Waals surface area contributed by atoms with Crippen LogP contribution in [-0.4, -0.2) is 33.0 Å². The summed E-state index contributed by atoms with van der Waals surface area (Å²) in [4.78, 5) is 19.3. The molecule has 3 aromatic heterocycles. The van der Waals surface area contributed by atoms with Gasteiger partial charge in [0.1, 0.15) is 5.52 Å². The van der Waals surface area contributed by atoms with Crippen LogP contribution in [0.4, 0.5) is 10.3 Å². The first kappa shape index (κ1) is 15.9. The Balaban J connectivity index is 1.46. The first-order chi connectivity index (χ1) is 13.3. The highest BCUT2D eigenvalue weighted by Gasteiger charge is 2.16. The molecule has 6 nitrogen and oxygen atoms in total. The van der Waals surface area contributed by atoms with E-state index >= 15 is 0 Å². The van der Waals surface area contributed by atoms with Gasteiger partial charge in [-0.3, -0.25) is 0 Å². The van der Waals surface area contributed by atoms with Crippen LogP contribution >= 0.6 is 0 Å². The fourth-order valence-corrected chi connectivity index (χ4v) is 3.29. The molecule has 1 saturated heterocycles. The van der Waals surface area contributed by atoms with Gasteiger partial charge in [-0.2, -0.15) is 4.39 Å². The van der Waals surface area contributed by atoms with Crippen LogP contribution in [0.2, 0.25) is 0 Å². The first-order valence-electron chi connectivity index (χ1n) is 8.86. The Hall–Kier alpha value is -3.35. The van der Waals surface area contributed by atoms with Gasteiger partial charge in [0, 0.05) is 37.2 Å². The van der Waals surface area contributed by atoms with Gasteiger partial charge in [0.05, 0.1) is 5.56 Å². The van der Waals surface area contributed by atoms with Gasteiger partial charge in [-0.25, -0.2) is 19.9 Å². The van der Waals surface area contributed by atoms with Crippen molar-refractivity contribution in [2.45, 2.75) is 12.8 Å². The second-order valence-corrected chi connectivity index (χ2v) is 6.54. The van der Waals surface area contributed by atoms with Gasteiger partial charge < -0.3 is 9.32 Å². The summed E-state index contributed by atoms with van der Waals surface area (Å²) in [6.07, 6.45) is 7.36. The van der Waals surface area contributed by atoms with E-state index in [2.05, 4.69) is 24.8 Å². The molecule has 0 N–H and O–H groups in total. The van der Waals surface area contributed by atoms with Crippen molar-refractivity contribution < 1.29 is 8.81 Å². The van der Waals surface area contributed by atoms with Gasteiger partial charge in [-0.05, 0) is 42.7 Å². The maximum atomic E-state index is 13.0. The van der Waals surface area contributed by atoms with E-state index in [0.29, 0.717) is 11.5 Å². The number of hydrogen-bond acceptors (Lipinski definition) is 6. The number of nitrogens with zero attached hydrogens (tertiary/aromatic N) is 5. The number of benzene rings is 1. The lowest BCUT2D eigenvalue weighted by atomic mass is 10.1. The van der Waals surface area contributed by atoms with Crippen LogP contribution in [0.5, 0.6) is 0 Å². The van der Waals surface area contributed by atoms with Gasteiger partial charge in [0.25, 0.3) is 0 Å². The molecular formula is C20H16FN5O. The minimum atomic E-state index is -0.501. The van der Waals surface area contributed by atoms with Crippen molar-refractivity contribution in [3.05, 3.63) is 54.9 Å². The van der Waals surface area contributed by atoms with Crippen LogP contribution in [0, 0.1) is 5.95 Å². The van der Waals surface area contributed by atoms with Crippen molar-refractivity contribution in [3.63, 3.8) is 0 Å². The summed E-state index contributed by atoms with van der Waals surface area (Å²) in [5.74, 6) is 0.727. The van der Waals surface area contributed by atoms with E-state index in [-0.39, 0.29) is 0 Å². The van der Waals surface area contributed by atoms with Crippen molar-refractivity contribution in [1.29, 1.82) is 0 Å². The summed E-state index contributed by atoms with van der Waals surface area (Å²) in [6.45, 7) is 2.01. The highest BCUT2D eigenvalue weighted by molar-refractivity contribution is 5.82. The van der Waals surface area contributed by atoms with Gasteiger partial charge >= 0.3 is 0 Å². The first-order valence-corrected chi connectivity index (χ1v) is 8.86. The van der Waals surface area contributed by atoms with Crippen molar-refractivity contribution in [3.8, 4) is 22.6 Å². The average Bonchev–Trinajstić information content (AvgIpc) is 3.38. The number of hydrogen-bond donors (Lipinski definition) is 0. The molecule has 4 aromatic rings. The fraction of sp³-hybridized carbons (Fsp3) is 0.200. The Morgan fingerprint density at radius 3 is 2.33 bits per heavy atom. The molecule has 0 atom stereocenters. The van der Waals surface area contributed by atoms with Crippen LogP contribution in [0.25, 0.3) is 33.7 Å². The molecule has 1 aromatic carbocycles. The third-order valence-electron chi connectivity index (χ3n) is 4.72. The minimum absolute atomic E-state index is 0.479. The summed E-state index contributed by atoms with van der Waals surface area (Å²) in [5, 5.41) is 0. The Kier molecular flexibility index (Phi) is 3.78. The van der Waals surface area contributed by atoms with Crippen LogP contribution in [0.3, 0.4) is 0 Å². The third kappa shape index (κ3) is 3.01. The Bertz CT molecular complexity index is 1090. The smallest absolute Gasteiger partial charge is 0.230 e. The van der Waals surface area contributed by atoms with Crippen molar-refractivity contribution in [2.24, 2.45) is 0 Å². The topological polar surface area (TPSA) is 67.9 Å². The molecule has 27 heavy (non-hydrogen) atoms. The van der Waals surface area contributed by atoms with Gasteiger partial charge in [-0.1, -0.05) is 6.07 Å². The number of anilines is 1. The summed E-state index contributed by atoms with van der Waals surface area (Å²) in [6, 6.07) is 8.69. The lowest BCUT2D eigenvalue weighted by Gasteiger charge is -2.14. The molecule has 4 heterocycles. The molecule has 7 heteroatoms. The lowest BCUT2D eigenvalue weighted by molar-refractivity contribution is 0.584. The number of rotatable bonds is 3. The van der Waals surface area contributed by atoms with Crippen molar-refractivity contribution in [1.82, 2.24) is 19.9 Å². The molecule has 0 aliphatic carbocycles. The molecule has 0 saturated carbocycles. The molecular weight excluding hydrogens is 345 g/mol. The van der Waals surface area contributed by atoms with E-state index in [4.69, 9.17) is 4.42 Å². The van der Waals surface area contributed by atoms with Gasteiger partial charge in [0.2, 0.25) is 17.8 Å². The predicted molar refractivity (Wildman–Crippen MR) is 99.7 cm³/mol. The van der Waals surface area contributed by atoms with Crippen LogP contribution in [0.1, 0.15) is 12.8 Å². The zero-order valence-electron chi connectivity index (χ0n) is 14.5. The molecule has 0 bridgehead atoms. The standard InChI is InChI=1S/C20H16FN5O/c21-18-6-4-14(10-22-18)13-3-5-16-17(9-13)27-19(25-16)15-11-23-20(24-12-15)26-7-1-2-8-26/h3-6,9-12H,1-2,7-8H2. The van der Waals surface area contributed by atoms with Gasteiger partial charge in [-0.15, -0.1) is 0 Å². The Morgan fingerprint density at radius 2 is 1.59 bits per heavy atom. The lowest BCUT2D eigenvalue weighted by Crippen LogP contribution is -2.20. The molecule has 1 aliphatic heterocycles. The number of aromatic nitrogens is 4. The van der Waals surface area contributed by atoms with Crippen molar-refractivity contribution in [2.75, 3.05) is 18.0 Å². The summed E-state index contributed by atoms with van der Waals surface area (Å²) in [5.41, 5.74) is 3.83. The monoisotopic (exact) mass is 361 g/mol. The molecule has 0 amide bonds. The summed E-state index contributed by atoms with van der Waals surface area (Å²) >= 11 is 0. The SMILES string of the molecule is Fc1ccc(-c2ccc3nc(-c4cnc(N5CCCC5)nc4)oc3c2)cn1. The van der Waals surface area contributed by atoms with Crippen LogP contribution in [-0.2, 0) is 0 Å². The normalized spacial score (nSPS) is 14.2. The molecule has 1 fully saturated rings. The van der Waals surface area contributed by atoms with Crippen LogP contribution in [0.15, 0.2) is 53.3 Å². The average molecular weight is 361 g/mol. The number of oxazole rings is 1. The van der Waals surface area contributed by atoms with Crippen molar-refractivity contribution >= 4 is 17.0 Å². The highest BCUT2D eigenvalue weighted by Crippen LogP contribution is 2.28. The molecule has 0 unspecified atom stereocenters. The van der Waals surface area contributed by atoms with E-state index in [1.807, 2.05) is 18.2 Å². The number of halogens is 1. The molecule has 1 aliphatic rings. The Labute approximate surface area is 154 Å². The molecule has 5 rings (SSSR count). The van der Waals surface area contributed by atoms with E-state index in [0.717, 1.165) is 41.2 Å². The second kappa shape index (κ2) is 6.42. The molecule has 0 radical (unpaired) electrons. The summed E-state index contributed by atoms with van der Waals surface area (Å²) in [7, 11) is 0. The zero-order chi connectivity index (χ0) is 18.2. The van der Waals surface area contributed by atoms with Crippen LogP contribution < -0.4 is 4.90 Å². The predicted octanol–water partition coefficient (Wildman–Crippen LogP) is 4.09. The largest absolute Gasteiger partial charge is 0.436 e. The third-order valence-corrected chi connectivity index (χ3v) is 4.72. The number of fused-ring (bicyclic) bond motifs is 1. The van der Waals surface area contributed by atoms with E-state index in [9.17, 15) is 4.39 Å². The zero-order valence-corrected chi connectivity index (χ0v) is 14.5. The van der Waals surface area contributed by atoms with Gasteiger partial charge in [0.15, 0.2) is 5.58 Å². The molecule has 134 valence electrons. The number of pyridine rings is 1. The molecule has 0 spiro atoms. The quantitative estimate of drug-likeness (QED) is 0.512.